The second-order valence-corrected chi connectivity index (χ2v) is 6.04. The van der Waals surface area contributed by atoms with E-state index >= 15 is 0 Å². The summed E-state index contributed by atoms with van der Waals surface area (Å²) in [5, 5.41) is 0. The van der Waals surface area contributed by atoms with Crippen LogP contribution in [0.4, 0.5) is 18.9 Å². The molecule has 0 amide bonds. The molecule has 0 bridgehead atoms. The van der Waals surface area contributed by atoms with Gasteiger partial charge in [-0.1, -0.05) is 6.42 Å². The van der Waals surface area contributed by atoms with Crippen molar-refractivity contribution in [1.82, 2.24) is 4.90 Å². The van der Waals surface area contributed by atoms with Gasteiger partial charge in [0.2, 0.25) is 0 Å². The van der Waals surface area contributed by atoms with E-state index in [-0.39, 0.29) is 30.0 Å². The third-order valence-electron chi connectivity index (χ3n) is 4.39. The van der Waals surface area contributed by atoms with Gasteiger partial charge in [0.15, 0.2) is 0 Å². The summed E-state index contributed by atoms with van der Waals surface area (Å²) in [6.45, 7) is 4.94. The maximum Gasteiger partial charge on any atom is 0.416 e. The number of hydrogen-bond acceptors (Lipinski definition) is 4. The lowest BCUT2D eigenvalue weighted by atomic mass is 9.94. The number of carbonyl (C=O) groups is 1. The summed E-state index contributed by atoms with van der Waals surface area (Å²) >= 11 is 0. The second kappa shape index (κ2) is 7.42. The van der Waals surface area contributed by atoms with Gasteiger partial charge in [-0.3, -0.25) is 4.90 Å². The van der Waals surface area contributed by atoms with Crippen molar-refractivity contribution in [3.05, 3.63) is 28.3 Å². The van der Waals surface area contributed by atoms with E-state index in [1.807, 2.05) is 4.90 Å². The van der Waals surface area contributed by atoms with Crippen LogP contribution in [0.1, 0.15) is 53.2 Å². The predicted molar refractivity (Wildman–Crippen MR) is 85.7 cm³/mol. The average Bonchev–Trinajstić information content (AvgIpc) is 2.52. The molecular weight excluding hydrogens is 321 g/mol. The molecule has 7 heteroatoms. The molecule has 4 nitrogen and oxygen atoms in total. The fraction of sp³-hybridized carbons (Fsp3) is 0.588. The molecule has 0 spiro atoms. The highest BCUT2D eigenvalue weighted by molar-refractivity contribution is 5.96. The number of benzene rings is 1. The van der Waals surface area contributed by atoms with Gasteiger partial charge in [-0.25, -0.2) is 4.79 Å². The summed E-state index contributed by atoms with van der Waals surface area (Å²) in [5.74, 6) is -0.826. The van der Waals surface area contributed by atoms with Crippen LogP contribution in [0.25, 0.3) is 0 Å². The van der Waals surface area contributed by atoms with Crippen LogP contribution in [0, 0.1) is 6.92 Å². The number of esters is 1. The molecular formula is C17H23F3N2O2. The summed E-state index contributed by atoms with van der Waals surface area (Å²) in [5.41, 5.74) is 5.44. The van der Waals surface area contributed by atoms with Crippen LogP contribution >= 0.6 is 0 Å². The molecule has 1 aromatic carbocycles. The highest BCUT2D eigenvalue weighted by Crippen LogP contribution is 2.38. The van der Waals surface area contributed by atoms with Crippen molar-refractivity contribution in [2.75, 3.05) is 25.4 Å². The summed E-state index contributed by atoms with van der Waals surface area (Å²) in [6, 6.07) is 0.833. The molecule has 2 N–H and O–H groups in total. The minimum atomic E-state index is -4.55. The first-order chi connectivity index (χ1) is 11.3. The largest absolute Gasteiger partial charge is 0.462 e. The zero-order valence-electron chi connectivity index (χ0n) is 14.0. The molecule has 0 radical (unpaired) electrons. The Morgan fingerprint density at radius 1 is 1.29 bits per heavy atom. The van der Waals surface area contributed by atoms with Crippen molar-refractivity contribution in [2.24, 2.45) is 0 Å². The number of carbonyl (C=O) groups excluding carboxylic acids is 1. The van der Waals surface area contributed by atoms with Gasteiger partial charge < -0.3 is 10.5 Å². The minimum Gasteiger partial charge on any atom is -0.462 e. The van der Waals surface area contributed by atoms with Crippen molar-refractivity contribution in [2.45, 2.75) is 45.8 Å². The van der Waals surface area contributed by atoms with Gasteiger partial charge in [0.25, 0.3) is 0 Å². The number of nitrogens with zero attached hydrogens (tertiary/aromatic N) is 1. The average molecular weight is 344 g/mol. The smallest absolute Gasteiger partial charge is 0.416 e. The number of likely N-dealkylation sites (tertiary alicyclic amines) is 1. The quantitative estimate of drug-likeness (QED) is 0.667. The molecule has 1 aliphatic heterocycles. The van der Waals surface area contributed by atoms with Gasteiger partial charge in [-0.05, 0) is 57.0 Å². The van der Waals surface area contributed by atoms with Crippen LogP contribution in [0.5, 0.6) is 0 Å². The van der Waals surface area contributed by atoms with Gasteiger partial charge in [-0.2, -0.15) is 13.2 Å². The van der Waals surface area contributed by atoms with Crippen molar-refractivity contribution in [3.8, 4) is 0 Å². The molecule has 134 valence electrons. The number of rotatable bonds is 4. The number of piperidine rings is 1. The van der Waals surface area contributed by atoms with Gasteiger partial charge in [-0.15, -0.1) is 0 Å². The summed E-state index contributed by atoms with van der Waals surface area (Å²) in [7, 11) is 0. The van der Waals surface area contributed by atoms with E-state index in [0.717, 1.165) is 38.4 Å². The van der Waals surface area contributed by atoms with Crippen molar-refractivity contribution >= 4 is 11.7 Å². The summed E-state index contributed by atoms with van der Waals surface area (Å²) < 4.78 is 45.4. The van der Waals surface area contributed by atoms with E-state index in [1.54, 1.807) is 6.92 Å². The van der Waals surface area contributed by atoms with Gasteiger partial charge >= 0.3 is 12.1 Å². The van der Waals surface area contributed by atoms with Crippen LogP contribution < -0.4 is 5.73 Å². The normalized spacial score (nSPS) is 16.2. The Hall–Kier alpha value is -1.76. The third-order valence-corrected chi connectivity index (χ3v) is 4.39. The van der Waals surface area contributed by atoms with Gasteiger partial charge in [0, 0.05) is 12.2 Å². The van der Waals surface area contributed by atoms with E-state index in [1.165, 1.54) is 6.92 Å². The van der Waals surface area contributed by atoms with E-state index in [9.17, 15) is 18.0 Å². The lowest BCUT2D eigenvalue weighted by Crippen LogP contribution is -2.31. The standard InChI is InChI=1S/C17H23F3N2O2/c1-3-24-16(23)12-9-14(17(18,19)20)13(11(2)15(12)21)10-22-7-5-4-6-8-22/h9H,3-8,10,21H2,1-2H3. The molecule has 0 atom stereocenters. The Labute approximate surface area is 139 Å². The van der Waals surface area contributed by atoms with Gasteiger partial charge in [0.05, 0.1) is 17.7 Å². The number of alkyl halides is 3. The monoisotopic (exact) mass is 344 g/mol. The molecule has 0 aromatic heterocycles. The lowest BCUT2D eigenvalue weighted by Gasteiger charge is -2.29. The highest BCUT2D eigenvalue weighted by Gasteiger charge is 2.36. The van der Waals surface area contributed by atoms with Crippen LogP contribution in [0.2, 0.25) is 0 Å². The Bertz CT molecular complexity index is 609. The molecule has 0 aliphatic carbocycles. The molecule has 1 aromatic rings. The minimum absolute atomic E-state index is 0.0634. The number of hydrogen-bond donors (Lipinski definition) is 1. The van der Waals surface area contributed by atoms with E-state index in [2.05, 4.69) is 0 Å². The van der Waals surface area contributed by atoms with Crippen LogP contribution in [-0.4, -0.2) is 30.6 Å². The molecule has 24 heavy (non-hydrogen) atoms. The number of anilines is 1. The first-order valence-corrected chi connectivity index (χ1v) is 8.14. The molecule has 0 unspecified atom stereocenters. The van der Waals surface area contributed by atoms with Crippen LogP contribution in [0.3, 0.4) is 0 Å². The summed E-state index contributed by atoms with van der Waals surface area (Å²) in [6.07, 6.45) is -1.48. The fourth-order valence-corrected chi connectivity index (χ4v) is 3.05. The van der Waals surface area contributed by atoms with Gasteiger partial charge in [0.1, 0.15) is 0 Å². The third kappa shape index (κ3) is 4.01. The zero-order valence-corrected chi connectivity index (χ0v) is 14.0. The zero-order chi connectivity index (χ0) is 17.9. The van der Waals surface area contributed by atoms with Crippen molar-refractivity contribution in [1.29, 1.82) is 0 Å². The Morgan fingerprint density at radius 3 is 2.46 bits per heavy atom. The highest BCUT2D eigenvalue weighted by atomic mass is 19.4. The Morgan fingerprint density at radius 2 is 1.92 bits per heavy atom. The molecule has 1 saturated heterocycles. The van der Waals surface area contributed by atoms with E-state index < -0.39 is 17.7 Å². The maximum atomic E-state index is 13.5. The number of ether oxygens (including phenoxy) is 1. The topological polar surface area (TPSA) is 55.6 Å². The first kappa shape index (κ1) is 18.6. The number of nitrogens with two attached hydrogens (primary N) is 1. The first-order valence-electron chi connectivity index (χ1n) is 8.14. The molecule has 1 heterocycles. The second-order valence-electron chi connectivity index (χ2n) is 6.04. The SMILES string of the molecule is CCOC(=O)c1cc(C(F)(F)F)c(CN2CCCCC2)c(C)c1N. The lowest BCUT2D eigenvalue weighted by molar-refractivity contribution is -0.138. The maximum absolute atomic E-state index is 13.5. The van der Waals surface area contributed by atoms with Crippen LogP contribution in [-0.2, 0) is 17.5 Å². The van der Waals surface area contributed by atoms with E-state index in [4.69, 9.17) is 10.5 Å². The molecule has 2 rings (SSSR count). The number of halogens is 3. The fourth-order valence-electron chi connectivity index (χ4n) is 3.05. The molecule has 1 fully saturated rings. The number of nitrogen functional groups attached to an aromatic ring is 1. The van der Waals surface area contributed by atoms with Crippen molar-refractivity contribution in [3.63, 3.8) is 0 Å². The summed E-state index contributed by atoms with van der Waals surface area (Å²) in [4.78, 5) is 13.9. The molecule has 1 aliphatic rings. The Balaban J connectivity index is 2.48. The predicted octanol–water partition coefficient (Wildman–Crippen LogP) is 3.76. The van der Waals surface area contributed by atoms with Crippen LogP contribution in [0.15, 0.2) is 6.07 Å². The van der Waals surface area contributed by atoms with E-state index in [0.29, 0.717) is 5.56 Å². The Kier molecular flexibility index (Phi) is 5.74. The molecule has 0 saturated carbocycles. The van der Waals surface area contributed by atoms with Crippen molar-refractivity contribution < 1.29 is 22.7 Å².